The van der Waals surface area contributed by atoms with Crippen LogP contribution in [-0.4, -0.2) is 33.7 Å². The molecule has 40 heavy (non-hydrogen) atoms. The van der Waals surface area contributed by atoms with E-state index >= 15 is 0 Å². The fourth-order valence-corrected chi connectivity index (χ4v) is 3.81. The Balaban J connectivity index is 0.000000314. The molecule has 0 spiro atoms. The van der Waals surface area contributed by atoms with Crippen LogP contribution in [0.15, 0.2) is 77.2 Å². The van der Waals surface area contributed by atoms with Gasteiger partial charge in [0.05, 0.1) is 21.0 Å². The fraction of sp³-hybridized carbons (Fsp3) is 0.0385. The maximum absolute atomic E-state index is 13.7. The monoisotopic (exact) mass is 656 g/mol. The van der Waals surface area contributed by atoms with Gasteiger partial charge in [-0.05, 0) is 43.4 Å². The summed E-state index contributed by atoms with van der Waals surface area (Å²) < 4.78 is 19.3. The topological polar surface area (TPSA) is 113 Å². The number of aromatic hydroxyl groups is 3. The molecular weight excluding hydrogens is 637 g/mol. The summed E-state index contributed by atoms with van der Waals surface area (Å²) in [4.78, 5) is 18.2. The van der Waals surface area contributed by atoms with E-state index in [4.69, 9.17) is 27.6 Å². The second-order valence-corrected chi connectivity index (χ2v) is 8.85. The van der Waals surface area contributed by atoms with Gasteiger partial charge in [-0.25, -0.2) is 4.39 Å². The summed E-state index contributed by atoms with van der Waals surface area (Å²) in [5, 5.41) is 31.0. The van der Waals surface area contributed by atoms with Gasteiger partial charge >= 0.3 is 109 Å². The number of phenolic OH excluding ortho intramolecular Hbond substituents is 3. The number of phenols is 3. The van der Waals surface area contributed by atoms with E-state index in [0.29, 0.717) is 16.2 Å². The molecule has 1 aromatic heterocycles. The van der Waals surface area contributed by atoms with Crippen LogP contribution in [0.5, 0.6) is 17.2 Å². The summed E-state index contributed by atoms with van der Waals surface area (Å²) in [6.07, 6.45) is 0. The third-order valence-corrected chi connectivity index (χ3v) is 5.55. The summed E-state index contributed by atoms with van der Waals surface area (Å²) in [5.74, 6) is -0.836. The summed E-state index contributed by atoms with van der Waals surface area (Å²) in [7, 11) is 4.36. The number of fused-ring (bicyclic) bond motifs is 3. The molecule has 1 heterocycles. The normalized spacial score (nSPS) is 9.95. The maximum Gasteiger partial charge on any atom is 1.00 e. The molecule has 3 N–H and O–H groups in total. The Bertz CT molecular complexity index is 1550. The van der Waals surface area contributed by atoms with E-state index in [1.165, 1.54) is 37.4 Å². The molecule has 0 aliphatic carbocycles. The SMILES string of the molecule is CN([PH-])OOC=O.Oc1cccc(O)c1-c1cccc(Cl)c1F.Oc1cccc2oc3c(Cl)cccc3c12.[K+].[K+]. The number of rotatable bonds is 4. The van der Waals surface area contributed by atoms with Crippen LogP contribution in [0.2, 0.25) is 10.0 Å². The average Bonchev–Trinajstić information content (AvgIpc) is 3.27. The zero-order valence-corrected chi connectivity index (χ0v) is 30.3. The second-order valence-electron chi connectivity index (χ2n) is 7.41. The number of benzene rings is 4. The Morgan fingerprint density at radius 2 is 1.43 bits per heavy atom. The Morgan fingerprint density at radius 1 is 0.875 bits per heavy atom. The number of halogens is 3. The van der Waals surface area contributed by atoms with Crippen LogP contribution in [0.25, 0.3) is 33.1 Å². The number of furan rings is 1. The Labute approximate surface area is 326 Å². The predicted molar refractivity (Wildman–Crippen MR) is 145 cm³/mol. The number of hydrogen-bond acceptors (Lipinski definition) is 8. The van der Waals surface area contributed by atoms with Gasteiger partial charge in [0.15, 0.2) is 5.58 Å². The van der Waals surface area contributed by atoms with Crippen molar-refractivity contribution in [3.63, 3.8) is 0 Å². The number of hydroxylamine groups is 1. The number of para-hydroxylation sites is 1. The molecule has 5 aromatic rings. The van der Waals surface area contributed by atoms with E-state index in [2.05, 4.69) is 19.3 Å². The molecule has 198 valence electrons. The van der Waals surface area contributed by atoms with Crippen LogP contribution in [0, 0.1) is 5.82 Å². The van der Waals surface area contributed by atoms with Crippen LogP contribution in [0.3, 0.4) is 0 Å². The van der Waals surface area contributed by atoms with Crippen molar-refractivity contribution < 1.29 is 142 Å². The van der Waals surface area contributed by atoms with Crippen molar-refractivity contribution in [1.29, 1.82) is 0 Å². The first-order valence-electron chi connectivity index (χ1n) is 10.6. The zero-order chi connectivity index (χ0) is 27.8. The number of carbonyl (C=O) groups excluding carboxylic acids is 1. The van der Waals surface area contributed by atoms with Crippen LogP contribution >= 0.6 is 32.6 Å². The van der Waals surface area contributed by atoms with E-state index < -0.39 is 5.82 Å². The molecule has 0 radical (unpaired) electrons. The van der Waals surface area contributed by atoms with Crippen molar-refractivity contribution in [2.24, 2.45) is 0 Å². The molecule has 0 atom stereocenters. The van der Waals surface area contributed by atoms with Gasteiger partial charge in [-0.1, -0.05) is 59.6 Å². The van der Waals surface area contributed by atoms with Crippen LogP contribution in [0.4, 0.5) is 4.39 Å². The Kier molecular flexibility index (Phi) is 17.3. The van der Waals surface area contributed by atoms with Crippen molar-refractivity contribution in [3.05, 3.63) is 88.7 Å². The minimum Gasteiger partial charge on any atom is -0.507 e. The van der Waals surface area contributed by atoms with Gasteiger partial charge in [0, 0.05) is 10.9 Å². The summed E-state index contributed by atoms with van der Waals surface area (Å²) >= 11 is 11.6. The van der Waals surface area contributed by atoms with Crippen molar-refractivity contribution in [2.45, 2.75) is 0 Å². The first kappa shape index (κ1) is 37.7. The summed E-state index contributed by atoms with van der Waals surface area (Å²) in [6.45, 7) is 0.177. The average molecular weight is 658 g/mol. The van der Waals surface area contributed by atoms with Crippen molar-refractivity contribution in [2.75, 3.05) is 7.05 Å². The van der Waals surface area contributed by atoms with Crippen LogP contribution in [-0.2, 0) is 14.7 Å². The molecule has 0 fully saturated rings. The molecule has 0 unspecified atom stereocenters. The molecule has 5 rings (SSSR count). The van der Waals surface area contributed by atoms with Crippen molar-refractivity contribution in [3.8, 4) is 28.4 Å². The van der Waals surface area contributed by atoms with Crippen LogP contribution < -0.4 is 103 Å². The molecule has 14 heteroatoms. The van der Waals surface area contributed by atoms with Gasteiger partial charge in [0.25, 0.3) is 0 Å². The molecule has 4 aromatic carbocycles. The quantitative estimate of drug-likeness (QED) is 0.0878. The van der Waals surface area contributed by atoms with Crippen LogP contribution in [0.1, 0.15) is 0 Å². The minimum absolute atomic E-state index is 0. The first-order chi connectivity index (χ1) is 18.1. The zero-order valence-electron chi connectivity index (χ0n) is 21.6. The van der Waals surface area contributed by atoms with Gasteiger partial charge in [0.1, 0.15) is 28.6 Å². The molecule has 0 aliphatic heterocycles. The number of carbonyl (C=O) groups is 1. The smallest absolute Gasteiger partial charge is 0.507 e. The predicted octanol–water partition coefficient (Wildman–Crippen LogP) is 1.51. The Morgan fingerprint density at radius 3 is 2.02 bits per heavy atom. The van der Waals surface area contributed by atoms with E-state index in [1.54, 1.807) is 24.3 Å². The van der Waals surface area contributed by atoms with Gasteiger partial charge in [0.2, 0.25) is 0 Å². The third kappa shape index (κ3) is 9.87. The third-order valence-electron chi connectivity index (χ3n) is 4.89. The molecule has 0 aliphatic rings. The van der Waals surface area contributed by atoms with E-state index in [9.17, 15) is 24.5 Å². The molecule has 0 saturated heterocycles. The summed E-state index contributed by atoms with van der Waals surface area (Å²) in [5.41, 5.74) is 1.39. The molecule has 0 amide bonds. The van der Waals surface area contributed by atoms with Gasteiger partial charge < -0.3 is 34.0 Å². The first-order valence-corrected chi connectivity index (χ1v) is 11.8. The molecule has 0 saturated carbocycles. The summed E-state index contributed by atoms with van der Waals surface area (Å²) in [6, 6.07) is 19.3. The number of nitrogens with zero attached hydrogens (tertiary/aromatic N) is 1. The second kappa shape index (κ2) is 18.4. The van der Waals surface area contributed by atoms with E-state index in [0.717, 1.165) is 15.6 Å². The van der Waals surface area contributed by atoms with Crippen molar-refractivity contribution >= 4 is 61.0 Å². The van der Waals surface area contributed by atoms with Gasteiger partial charge in [-0.15, -0.1) is 4.99 Å². The molecule has 8 nitrogen and oxygen atoms in total. The number of hydrogen-bond donors (Lipinski definition) is 3. The standard InChI is InChI=1S/C12H8ClFO2.C12H7ClO2.C2H5NO3P.2K/c13-8-4-1-3-7(12(8)14)11-9(15)5-2-6-10(11)16;13-8-4-1-3-7-11-9(14)5-2-6-10(11)15-12(7)8;1-3(7)6-5-2-4;;/h1-6,15-16H;1-6,14H;2,7H,1H3;;/q;;-1;2*+1. The van der Waals surface area contributed by atoms with E-state index in [-0.39, 0.29) is 143 Å². The Hall–Kier alpha value is -0.317. The van der Waals surface area contributed by atoms with Gasteiger partial charge in [-0.3, -0.25) is 9.68 Å². The molecular formula is C26H20Cl2FK2NO7P+. The maximum atomic E-state index is 13.7. The minimum atomic E-state index is -0.666. The fourth-order valence-electron chi connectivity index (χ4n) is 3.38. The molecule has 0 bridgehead atoms. The van der Waals surface area contributed by atoms with Gasteiger partial charge in [-0.2, -0.15) is 0 Å². The van der Waals surface area contributed by atoms with E-state index in [1.807, 2.05) is 18.2 Å². The van der Waals surface area contributed by atoms with Crippen molar-refractivity contribution in [1.82, 2.24) is 4.83 Å². The largest absolute Gasteiger partial charge is 1.00 e.